The number of ether oxygens (including phenoxy) is 6. The van der Waals surface area contributed by atoms with Crippen molar-refractivity contribution in [1.29, 1.82) is 0 Å². The Morgan fingerprint density at radius 2 is 1.79 bits per heavy atom. The second-order valence-corrected chi connectivity index (χ2v) is 13.9. The van der Waals surface area contributed by atoms with Gasteiger partial charge in [-0.2, -0.15) is 0 Å². The van der Waals surface area contributed by atoms with Crippen LogP contribution in [0.3, 0.4) is 0 Å². The Kier molecular flexibility index (Phi) is 7.00. The van der Waals surface area contributed by atoms with E-state index < -0.39 is 11.7 Å². The number of esters is 1. The summed E-state index contributed by atoms with van der Waals surface area (Å²) in [6.07, 6.45) is 2.45. The van der Waals surface area contributed by atoms with Crippen molar-refractivity contribution in [2.75, 3.05) is 55.2 Å². The molecule has 0 amide bonds. The molecule has 1 aromatic carbocycles. The molecule has 9 heteroatoms. The molecular weight excluding hydrogens is 538 g/mol. The fraction of sp³-hybridized carbons (Fsp3) is 0.788. The lowest BCUT2D eigenvalue weighted by atomic mass is 9.43. The zero-order valence-corrected chi connectivity index (χ0v) is 25.8. The van der Waals surface area contributed by atoms with Crippen LogP contribution in [0.2, 0.25) is 0 Å². The van der Waals surface area contributed by atoms with E-state index in [0.717, 1.165) is 32.4 Å². The zero-order chi connectivity index (χ0) is 29.6. The molecule has 1 aromatic rings. The summed E-state index contributed by atoms with van der Waals surface area (Å²) < 4.78 is 36.9. The van der Waals surface area contributed by atoms with Crippen molar-refractivity contribution in [3.8, 4) is 5.75 Å². The first-order valence-corrected chi connectivity index (χ1v) is 15.7. The number of piperidine rings is 1. The number of carbonyl (C=O) groups is 1. The molecule has 42 heavy (non-hydrogen) atoms. The van der Waals surface area contributed by atoms with Gasteiger partial charge in [0.05, 0.1) is 43.2 Å². The minimum atomic E-state index is -1.12. The second-order valence-electron chi connectivity index (χ2n) is 13.9. The minimum Gasteiger partial charge on any atom is -0.497 e. The second kappa shape index (κ2) is 10.1. The first-order chi connectivity index (χ1) is 20.3. The number of rotatable bonds is 9. The molecule has 9 nitrogen and oxygen atoms in total. The molecule has 1 spiro atoms. The SMILES string of the molecule is CCN1C[C@]2(COC)CC[C@H](OC)[C@]34C1[C@H]([C@H](OC)[C@H]23)[C@@]1(O)C[C@H](OC)[C@H]2C[C@@H]4[C@@H]1[C@H]2OC(=O)c1ccc(OC)cc1. The maximum Gasteiger partial charge on any atom is 0.338 e. The summed E-state index contributed by atoms with van der Waals surface area (Å²) in [4.78, 5) is 16.3. The van der Waals surface area contributed by atoms with Crippen LogP contribution in [0.1, 0.15) is 43.0 Å². The Balaban J connectivity index is 1.38. The highest BCUT2D eigenvalue weighted by Crippen LogP contribution is 2.79. The first-order valence-electron chi connectivity index (χ1n) is 15.7. The van der Waals surface area contributed by atoms with Crippen LogP contribution in [0.15, 0.2) is 24.3 Å². The molecular formula is C33H47NO8. The van der Waals surface area contributed by atoms with E-state index in [0.29, 0.717) is 24.3 Å². The number of hydrogen-bond acceptors (Lipinski definition) is 9. The summed E-state index contributed by atoms with van der Waals surface area (Å²) in [5.74, 6) is 0.168. The van der Waals surface area contributed by atoms with Crippen LogP contribution in [0.5, 0.6) is 5.75 Å². The fourth-order valence-corrected chi connectivity index (χ4v) is 12.0. The third-order valence-corrected chi connectivity index (χ3v) is 12.9. The van der Waals surface area contributed by atoms with Crippen molar-refractivity contribution in [3.63, 3.8) is 0 Å². The van der Waals surface area contributed by atoms with E-state index in [1.807, 2.05) is 14.2 Å². The van der Waals surface area contributed by atoms with Gasteiger partial charge in [-0.05, 0) is 56.0 Å². The number of methoxy groups -OCH3 is 5. The van der Waals surface area contributed by atoms with Gasteiger partial charge in [0.1, 0.15) is 11.9 Å². The molecule has 7 rings (SSSR count). The molecule has 0 radical (unpaired) electrons. The average Bonchev–Trinajstić information content (AvgIpc) is 3.44. The van der Waals surface area contributed by atoms with Gasteiger partial charge in [0.15, 0.2) is 0 Å². The van der Waals surface area contributed by atoms with E-state index in [1.165, 1.54) is 0 Å². The van der Waals surface area contributed by atoms with Crippen molar-refractivity contribution >= 4 is 5.97 Å². The highest BCUT2D eigenvalue weighted by Gasteiger charge is 2.86. The quantitative estimate of drug-likeness (QED) is 0.439. The maximum absolute atomic E-state index is 13.7. The van der Waals surface area contributed by atoms with Crippen molar-refractivity contribution in [1.82, 2.24) is 4.90 Å². The summed E-state index contributed by atoms with van der Waals surface area (Å²) in [5.41, 5.74) is -1.01. The number of benzene rings is 1. The van der Waals surface area contributed by atoms with Gasteiger partial charge in [0.2, 0.25) is 0 Å². The summed E-state index contributed by atoms with van der Waals surface area (Å²) >= 11 is 0. The van der Waals surface area contributed by atoms with Gasteiger partial charge in [-0.25, -0.2) is 4.79 Å². The number of likely N-dealkylation sites (tertiary alicyclic amines) is 1. The smallest absolute Gasteiger partial charge is 0.338 e. The number of nitrogens with zero attached hydrogens (tertiary/aromatic N) is 1. The van der Waals surface area contributed by atoms with Gasteiger partial charge in [-0.3, -0.25) is 4.90 Å². The van der Waals surface area contributed by atoms with Crippen LogP contribution >= 0.6 is 0 Å². The molecule has 232 valence electrons. The molecule has 13 atom stereocenters. The number of hydrogen-bond donors (Lipinski definition) is 1. The van der Waals surface area contributed by atoms with E-state index >= 15 is 0 Å². The van der Waals surface area contributed by atoms with Crippen molar-refractivity contribution in [2.45, 2.75) is 68.7 Å². The third-order valence-electron chi connectivity index (χ3n) is 12.9. The van der Waals surface area contributed by atoms with Gasteiger partial charge in [-0.1, -0.05) is 6.92 Å². The Hall–Kier alpha value is -1.75. The molecule has 1 N–H and O–H groups in total. The van der Waals surface area contributed by atoms with Crippen LogP contribution in [0.4, 0.5) is 0 Å². The van der Waals surface area contributed by atoms with Gasteiger partial charge < -0.3 is 33.5 Å². The lowest BCUT2D eigenvalue weighted by molar-refractivity contribution is -0.276. The molecule has 5 saturated carbocycles. The fourth-order valence-electron chi connectivity index (χ4n) is 12.0. The lowest BCUT2D eigenvalue weighted by Crippen LogP contribution is -2.76. The van der Waals surface area contributed by atoms with Crippen LogP contribution in [0.25, 0.3) is 0 Å². The van der Waals surface area contributed by atoms with E-state index in [-0.39, 0.29) is 70.7 Å². The highest BCUT2D eigenvalue weighted by atomic mass is 16.6. The molecule has 7 bridgehead atoms. The van der Waals surface area contributed by atoms with Crippen LogP contribution in [-0.4, -0.2) is 107 Å². The Bertz CT molecular complexity index is 1190. The number of aliphatic hydroxyl groups is 1. The predicted octanol–water partition coefficient (Wildman–Crippen LogP) is 3.03. The Morgan fingerprint density at radius 3 is 2.40 bits per heavy atom. The highest BCUT2D eigenvalue weighted by molar-refractivity contribution is 5.89. The summed E-state index contributed by atoms with van der Waals surface area (Å²) in [7, 11) is 8.80. The third kappa shape index (κ3) is 3.44. The van der Waals surface area contributed by atoms with E-state index in [4.69, 9.17) is 28.4 Å². The minimum absolute atomic E-state index is 0.00532. The van der Waals surface area contributed by atoms with Gasteiger partial charge in [0.25, 0.3) is 0 Å². The predicted molar refractivity (Wildman–Crippen MR) is 153 cm³/mol. The standard InChI is InChI=1S/C33H47NO8/c1-7-34-16-31(17-37-2)13-12-23(40-5)33-21-14-20-22(39-4)15-32(36,25(29(33)34)27(41-6)28(31)33)24(21)26(20)42-30(35)18-8-10-19(38-3)11-9-18/h8-11,20-29,36H,7,12-17H2,1-6H3/t20-,21-,22+,23+,24-,25+,26+,27+,28-,29?,31+,32-,33+/m1/s1. The van der Waals surface area contributed by atoms with Crippen LogP contribution in [-0.2, 0) is 23.7 Å². The summed E-state index contributed by atoms with van der Waals surface area (Å²) in [6, 6.07) is 7.13. The summed E-state index contributed by atoms with van der Waals surface area (Å²) in [5, 5.41) is 13.2. The Morgan fingerprint density at radius 1 is 1.02 bits per heavy atom. The van der Waals surface area contributed by atoms with E-state index in [2.05, 4.69) is 11.8 Å². The molecule has 6 aliphatic rings. The van der Waals surface area contributed by atoms with Crippen molar-refractivity contribution in [2.24, 2.45) is 40.4 Å². The zero-order valence-electron chi connectivity index (χ0n) is 25.8. The molecule has 5 aliphatic carbocycles. The van der Waals surface area contributed by atoms with Gasteiger partial charge in [0, 0.05) is 81.9 Å². The molecule has 1 unspecified atom stereocenters. The molecule has 1 aliphatic heterocycles. The van der Waals surface area contributed by atoms with Crippen LogP contribution < -0.4 is 4.74 Å². The number of carbonyl (C=O) groups excluding carboxylic acids is 1. The van der Waals surface area contributed by atoms with Gasteiger partial charge >= 0.3 is 5.97 Å². The average molecular weight is 586 g/mol. The molecule has 6 fully saturated rings. The first kappa shape index (κ1) is 29.0. The molecule has 1 saturated heterocycles. The van der Waals surface area contributed by atoms with Crippen molar-refractivity contribution < 1.29 is 38.3 Å². The lowest BCUT2D eigenvalue weighted by Gasteiger charge is -2.69. The van der Waals surface area contributed by atoms with Crippen LogP contribution in [0, 0.1) is 40.4 Å². The van der Waals surface area contributed by atoms with E-state index in [9.17, 15) is 9.90 Å². The largest absolute Gasteiger partial charge is 0.497 e. The van der Waals surface area contributed by atoms with Crippen molar-refractivity contribution in [3.05, 3.63) is 29.8 Å². The summed E-state index contributed by atoms with van der Waals surface area (Å²) in [6.45, 7) is 4.70. The normalized spacial score (nSPS) is 48.3. The van der Waals surface area contributed by atoms with E-state index in [1.54, 1.807) is 45.6 Å². The monoisotopic (exact) mass is 585 g/mol. The topological polar surface area (TPSA) is 95.9 Å². The maximum atomic E-state index is 13.7. The number of fused-ring (bicyclic) bond motifs is 2. The Labute approximate surface area is 249 Å². The molecule has 0 aromatic heterocycles. The molecule has 1 heterocycles. The van der Waals surface area contributed by atoms with Gasteiger partial charge in [-0.15, -0.1) is 0 Å².